The molecule has 5 nitrogen and oxygen atoms in total. The van der Waals surface area contributed by atoms with Gasteiger partial charge in [0.05, 0.1) is 12.1 Å². The number of carbonyl (C=O) groups excluding carboxylic acids is 1. The summed E-state index contributed by atoms with van der Waals surface area (Å²) >= 11 is 1.15. The minimum absolute atomic E-state index is 0.00806. The normalized spacial score (nSPS) is 19.2. The molecule has 1 amide bonds. The maximum Gasteiger partial charge on any atom is 0.345 e. The fourth-order valence-electron chi connectivity index (χ4n) is 4.53. The third kappa shape index (κ3) is 7.96. The zero-order valence-electron chi connectivity index (χ0n) is 20.6. The Morgan fingerprint density at radius 2 is 1.89 bits per heavy atom. The minimum atomic E-state index is -3.41. The van der Waals surface area contributed by atoms with Gasteiger partial charge in [-0.25, -0.2) is 4.79 Å². The van der Waals surface area contributed by atoms with Gasteiger partial charge in [0.2, 0.25) is 0 Å². The summed E-state index contributed by atoms with van der Waals surface area (Å²) in [7, 11) is 0. The number of unbranched alkanes of at least 4 members (excludes halogenated alkanes) is 2. The number of hydrogen-bond acceptors (Lipinski definition) is 4. The molecular weight excluding hydrogens is 484 g/mol. The van der Waals surface area contributed by atoms with Gasteiger partial charge in [-0.15, -0.1) is 11.3 Å². The lowest BCUT2D eigenvalue weighted by molar-refractivity contribution is -0.148. The zero-order valence-corrected chi connectivity index (χ0v) is 21.4. The predicted molar refractivity (Wildman–Crippen MR) is 138 cm³/mol. The SMILES string of the molecule is C[C@@H](CCCCCc1ccccc1)[C@@H](O)/C=C/C1CC(F)(F)C(=O)N1CCCc1ccc(C(=O)O)s1. The molecule has 3 atom stereocenters. The maximum absolute atomic E-state index is 14.2. The standard InChI is InChI=1S/C28H35F2NO4S/c1-20(9-4-2-5-10-21-11-6-3-7-12-21)24(32)16-14-22-19-28(29,30)27(35)31(22)18-8-13-23-15-17-25(36-23)26(33)34/h3,6-7,11-12,14-17,20,22,24,32H,2,4-5,8-10,13,18-19H2,1H3,(H,33,34)/b16-14+/t20-,22?,24-/m0/s1. The maximum atomic E-state index is 14.2. The molecule has 0 aliphatic carbocycles. The number of benzene rings is 1. The first-order valence-electron chi connectivity index (χ1n) is 12.6. The third-order valence-electron chi connectivity index (χ3n) is 6.72. The average molecular weight is 520 g/mol. The number of hydrogen-bond donors (Lipinski definition) is 2. The van der Waals surface area contributed by atoms with Crippen LogP contribution in [-0.4, -0.2) is 51.6 Å². The number of carboxylic acid groups (broad SMARTS) is 1. The summed E-state index contributed by atoms with van der Waals surface area (Å²) < 4.78 is 28.3. The number of thiophene rings is 1. The highest BCUT2D eigenvalue weighted by Crippen LogP contribution is 2.34. The van der Waals surface area contributed by atoms with Crippen molar-refractivity contribution in [2.45, 2.75) is 76.4 Å². The average Bonchev–Trinajstić information content (AvgIpc) is 3.41. The minimum Gasteiger partial charge on any atom is -0.477 e. The van der Waals surface area contributed by atoms with E-state index in [2.05, 4.69) is 12.1 Å². The number of nitrogens with zero attached hydrogens (tertiary/aromatic N) is 1. The molecular formula is C28H35F2NO4S. The Hall–Kier alpha value is -2.58. The van der Waals surface area contributed by atoms with E-state index in [-0.39, 0.29) is 17.3 Å². The molecule has 0 spiro atoms. The lowest BCUT2D eigenvalue weighted by Gasteiger charge is -2.22. The number of carboxylic acids is 1. The second-order valence-corrected chi connectivity index (χ2v) is 10.8. The number of likely N-dealkylation sites (tertiary alicyclic amines) is 1. The van der Waals surface area contributed by atoms with Crippen LogP contribution in [0.5, 0.6) is 0 Å². The number of rotatable bonds is 14. The molecule has 1 aliphatic rings. The molecule has 0 radical (unpaired) electrons. The smallest absolute Gasteiger partial charge is 0.345 e. The molecule has 36 heavy (non-hydrogen) atoms. The van der Waals surface area contributed by atoms with Crippen molar-refractivity contribution in [2.75, 3.05) is 6.54 Å². The van der Waals surface area contributed by atoms with Crippen LogP contribution in [0.1, 0.15) is 65.6 Å². The fraction of sp³-hybridized carbons (Fsp3) is 0.500. The van der Waals surface area contributed by atoms with E-state index in [1.165, 1.54) is 16.5 Å². The van der Waals surface area contributed by atoms with Crippen molar-refractivity contribution in [3.05, 3.63) is 69.9 Å². The van der Waals surface area contributed by atoms with E-state index >= 15 is 0 Å². The fourth-order valence-corrected chi connectivity index (χ4v) is 5.42. The van der Waals surface area contributed by atoms with Crippen molar-refractivity contribution in [1.82, 2.24) is 4.90 Å². The number of alkyl halides is 2. The van der Waals surface area contributed by atoms with E-state index in [9.17, 15) is 23.5 Å². The van der Waals surface area contributed by atoms with Crippen LogP contribution in [0.25, 0.3) is 0 Å². The van der Waals surface area contributed by atoms with Crippen LogP contribution in [0, 0.1) is 5.92 Å². The van der Waals surface area contributed by atoms with Crippen molar-refractivity contribution in [3.63, 3.8) is 0 Å². The van der Waals surface area contributed by atoms with Crippen molar-refractivity contribution in [2.24, 2.45) is 5.92 Å². The van der Waals surface area contributed by atoms with E-state index < -0.39 is 36.4 Å². The van der Waals surface area contributed by atoms with Crippen molar-refractivity contribution >= 4 is 23.2 Å². The molecule has 1 saturated heterocycles. The van der Waals surface area contributed by atoms with Crippen molar-refractivity contribution < 1.29 is 28.6 Å². The number of aliphatic hydroxyl groups excluding tert-OH is 1. The van der Waals surface area contributed by atoms with Crippen LogP contribution < -0.4 is 0 Å². The monoisotopic (exact) mass is 519 g/mol. The van der Waals surface area contributed by atoms with Crippen LogP contribution in [0.4, 0.5) is 8.78 Å². The summed E-state index contributed by atoms with van der Waals surface area (Å²) in [5, 5.41) is 19.6. The van der Waals surface area contributed by atoms with E-state index in [1.807, 2.05) is 25.1 Å². The molecule has 196 valence electrons. The largest absolute Gasteiger partial charge is 0.477 e. The molecule has 2 aromatic rings. The summed E-state index contributed by atoms with van der Waals surface area (Å²) in [6.45, 7) is 2.10. The molecule has 3 rings (SSSR count). The van der Waals surface area contributed by atoms with Gasteiger partial charge in [0, 0.05) is 17.8 Å². The Labute approximate surface area is 215 Å². The summed E-state index contributed by atoms with van der Waals surface area (Å²) in [4.78, 5) is 25.5. The first-order valence-corrected chi connectivity index (χ1v) is 13.4. The van der Waals surface area contributed by atoms with Crippen LogP contribution in [0.2, 0.25) is 0 Å². The van der Waals surface area contributed by atoms with Gasteiger partial charge in [-0.3, -0.25) is 4.79 Å². The quantitative estimate of drug-likeness (QED) is 0.238. The number of aliphatic hydroxyl groups is 1. The second kappa shape index (κ2) is 13.1. The van der Waals surface area contributed by atoms with Gasteiger partial charge < -0.3 is 15.1 Å². The van der Waals surface area contributed by atoms with Gasteiger partial charge in [0.25, 0.3) is 5.91 Å². The summed E-state index contributed by atoms with van der Waals surface area (Å²) in [6.07, 6.45) is 7.70. The molecule has 1 aromatic heterocycles. The van der Waals surface area contributed by atoms with Gasteiger partial charge in [0.15, 0.2) is 0 Å². The molecule has 1 aliphatic heterocycles. The van der Waals surface area contributed by atoms with Gasteiger partial charge in [-0.1, -0.05) is 62.2 Å². The Morgan fingerprint density at radius 1 is 1.14 bits per heavy atom. The summed E-state index contributed by atoms with van der Waals surface area (Å²) in [5.41, 5.74) is 1.32. The number of amides is 1. The van der Waals surface area contributed by atoms with Crippen molar-refractivity contribution in [1.29, 1.82) is 0 Å². The zero-order chi connectivity index (χ0) is 26.1. The Bertz CT molecular complexity index is 1020. The molecule has 0 bridgehead atoms. The summed E-state index contributed by atoms with van der Waals surface area (Å²) in [5.74, 6) is -5.60. The lowest BCUT2D eigenvalue weighted by Crippen LogP contribution is -2.36. The Kier molecular flexibility index (Phi) is 10.2. The van der Waals surface area contributed by atoms with E-state index in [1.54, 1.807) is 18.2 Å². The Balaban J connectivity index is 1.44. The first-order chi connectivity index (χ1) is 17.2. The molecule has 1 aromatic carbocycles. The highest BCUT2D eigenvalue weighted by atomic mass is 32.1. The molecule has 1 unspecified atom stereocenters. The molecule has 1 fully saturated rings. The van der Waals surface area contributed by atoms with Gasteiger partial charge in [-0.05, 0) is 55.7 Å². The predicted octanol–water partition coefficient (Wildman–Crippen LogP) is 5.97. The summed E-state index contributed by atoms with van der Waals surface area (Å²) in [6, 6.07) is 12.8. The van der Waals surface area contributed by atoms with E-state index in [4.69, 9.17) is 5.11 Å². The van der Waals surface area contributed by atoms with E-state index in [0.717, 1.165) is 48.3 Å². The lowest BCUT2D eigenvalue weighted by atomic mass is 9.95. The van der Waals surface area contributed by atoms with Gasteiger partial charge >= 0.3 is 11.9 Å². The molecule has 0 saturated carbocycles. The topological polar surface area (TPSA) is 77.8 Å². The van der Waals surface area contributed by atoms with Gasteiger partial charge in [0.1, 0.15) is 4.88 Å². The number of carbonyl (C=O) groups is 2. The second-order valence-electron chi connectivity index (χ2n) is 9.59. The number of aryl methyl sites for hydroxylation is 2. The Morgan fingerprint density at radius 3 is 2.58 bits per heavy atom. The number of halogens is 2. The molecule has 2 heterocycles. The highest BCUT2D eigenvalue weighted by Gasteiger charge is 2.52. The highest BCUT2D eigenvalue weighted by molar-refractivity contribution is 7.13. The van der Waals surface area contributed by atoms with Crippen LogP contribution in [0.3, 0.4) is 0 Å². The number of aromatic carboxylic acids is 1. The van der Waals surface area contributed by atoms with Crippen LogP contribution >= 0.6 is 11.3 Å². The van der Waals surface area contributed by atoms with Crippen molar-refractivity contribution in [3.8, 4) is 0 Å². The van der Waals surface area contributed by atoms with Crippen LogP contribution in [-0.2, 0) is 17.6 Å². The van der Waals surface area contributed by atoms with E-state index in [0.29, 0.717) is 12.8 Å². The van der Waals surface area contributed by atoms with Crippen LogP contribution in [0.15, 0.2) is 54.6 Å². The first kappa shape index (κ1) is 28.0. The van der Waals surface area contributed by atoms with Gasteiger partial charge in [-0.2, -0.15) is 8.78 Å². The molecule has 8 heteroatoms. The molecule has 2 N–H and O–H groups in total. The third-order valence-corrected chi connectivity index (χ3v) is 7.85.